The second-order valence-corrected chi connectivity index (χ2v) is 7.56. The highest BCUT2D eigenvalue weighted by molar-refractivity contribution is 7.99. The second-order valence-electron chi connectivity index (χ2n) is 6.62. The van der Waals surface area contributed by atoms with Crippen LogP contribution in [0.2, 0.25) is 0 Å². The monoisotopic (exact) mass is 440 g/mol. The number of ether oxygens (including phenoxy) is 2. The van der Waals surface area contributed by atoms with Crippen LogP contribution in [0.1, 0.15) is 28.7 Å². The molecule has 0 aliphatic rings. The highest BCUT2D eigenvalue weighted by Crippen LogP contribution is 2.20. The Bertz CT molecular complexity index is 1050. The summed E-state index contributed by atoms with van der Waals surface area (Å²) in [6.45, 7) is 2.38. The number of methoxy groups -OCH3 is 1. The van der Waals surface area contributed by atoms with Gasteiger partial charge in [-0.25, -0.2) is 4.79 Å². The van der Waals surface area contributed by atoms with Gasteiger partial charge in [0.25, 0.3) is 0 Å². The molecule has 0 saturated carbocycles. The van der Waals surface area contributed by atoms with Crippen LogP contribution in [0, 0.1) is 0 Å². The number of anilines is 1. The molecule has 3 rings (SSSR count). The van der Waals surface area contributed by atoms with Crippen molar-refractivity contribution in [1.29, 1.82) is 0 Å². The number of nitrogens with one attached hydrogen (secondary N) is 1. The Balaban J connectivity index is 1.55. The van der Waals surface area contributed by atoms with Crippen LogP contribution in [0.5, 0.6) is 5.75 Å². The van der Waals surface area contributed by atoms with Gasteiger partial charge < -0.3 is 19.4 Å². The van der Waals surface area contributed by atoms with Gasteiger partial charge in [-0.1, -0.05) is 43.0 Å². The minimum atomic E-state index is -0.508. The highest BCUT2D eigenvalue weighted by Gasteiger charge is 2.15. The second kappa shape index (κ2) is 10.6. The first kappa shape index (κ1) is 22.4. The molecule has 162 valence electrons. The summed E-state index contributed by atoms with van der Waals surface area (Å²) in [6, 6.07) is 14.6. The summed E-state index contributed by atoms with van der Waals surface area (Å²) in [5.41, 5.74) is 1.95. The number of carbonyl (C=O) groups excluding carboxylic acids is 2. The summed E-state index contributed by atoms with van der Waals surface area (Å²) < 4.78 is 12.3. The van der Waals surface area contributed by atoms with Gasteiger partial charge in [0.05, 0.1) is 24.1 Å². The summed E-state index contributed by atoms with van der Waals surface area (Å²) in [7, 11) is 3.12. The average molecular weight is 441 g/mol. The number of nitrogens with zero attached hydrogens (tertiary/aromatic N) is 3. The number of amides is 1. The summed E-state index contributed by atoms with van der Waals surface area (Å²) >= 11 is 1.25. The molecule has 1 N–H and O–H groups in total. The number of carbonyl (C=O) groups is 2. The van der Waals surface area contributed by atoms with E-state index < -0.39 is 5.97 Å². The molecule has 1 heterocycles. The number of esters is 1. The fraction of sp³-hybridized carbons (Fsp3) is 0.273. The van der Waals surface area contributed by atoms with Gasteiger partial charge in [0, 0.05) is 7.05 Å². The molecule has 9 heteroatoms. The number of rotatable bonds is 9. The van der Waals surface area contributed by atoms with Crippen molar-refractivity contribution in [1.82, 2.24) is 14.8 Å². The van der Waals surface area contributed by atoms with Crippen LogP contribution >= 0.6 is 11.8 Å². The third-order valence-corrected chi connectivity index (χ3v) is 5.58. The van der Waals surface area contributed by atoms with Gasteiger partial charge >= 0.3 is 5.97 Å². The third-order valence-electron chi connectivity index (χ3n) is 4.56. The van der Waals surface area contributed by atoms with Crippen molar-refractivity contribution in [3.05, 3.63) is 65.5 Å². The van der Waals surface area contributed by atoms with E-state index in [1.165, 1.54) is 24.4 Å². The van der Waals surface area contributed by atoms with Crippen molar-refractivity contribution >= 4 is 29.3 Å². The predicted octanol–water partition coefficient (Wildman–Crippen LogP) is 3.47. The maximum Gasteiger partial charge on any atom is 0.339 e. The van der Waals surface area contributed by atoms with Gasteiger partial charge in [-0.05, 0) is 36.2 Å². The van der Waals surface area contributed by atoms with Gasteiger partial charge in [0.1, 0.15) is 12.4 Å². The topological polar surface area (TPSA) is 95.3 Å². The molecule has 8 nitrogen and oxygen atoms in total. The first-order chi connectivity index (χ1) is 15.0. The normalized spacial score (nSPS) is 10.5. The molecule has 2 aromatic carbocycles. The number of thioether (sulfide) groups is 1. The molecule has 0 spiro atoms. The van der Waals surface area contributed by atoms with Crippen molar-refractivity contribution in [2.75, 3.05) is 18.2 Å². The fourth-order valence-corrected chi connectivity index (χ4v) is 3.49. The summed E-state index contributed by atoms with van der Waals surface area (Å²) in [5, 5.41) is 11.6. The maximum absolute atomic E-state index is 12.4. The summed E-state index contributed by atoms with van der Waals surface area (Å²) in [6.07, 6.45) is 0.978. The standard InChI is InChI=1S/C22H24N4O4S/c1-4-15-9-11-16(12-10-15)30-13-19-24-25-22(26(19)2)31-14-20(27)23-18-8-6-5-7-17(18)21(28)29-3/h5-12H,4,13-14H2,1-3H3,(H,23,27). The van der Waals surface area contributed by atoms with E-state index in [4.69, 9.17) is 9.47 Å². The Morgan fingerprint density at radius 3 is 2.55 bits per heavy atom. The van der Waals surface area contributed by atoms with Crippen LogP contribution in [0.4, 0.5) is 5.69 Å². The molecular weight excluding hydrogens is 416 g/mol. The minimum absolute atomic E-state index is 0.112. The Morgan fingerprint density at radius 2 is 1.84 bits per heavy atom. The lowest BCUT2D eigenvalue weighted by Gasteiger charge is -2.09. The Hall–Kier alpha value is -3.33. The highest BCUT2D eigenvalue weighted by atomic mass is 32.2. The fourth-order valence-electron chi connectivity index (χ4n) is 2.76. The maximum atomic E-state index is 12.4. The van der Waals surface area contributed by atoms with E-state index >= 15 is 0 Å². The van der Waals surface area contributed by atoms with Crippen molar-refractivity contribution in [3.8, 4) is 5.75 Å². The van der Waals surface area contributed by atoms with Crippen LogP contribution in [0.3, 0.4) is 0 Å². The molecule has 0 aliphatic carbocycles. The van der Waals surface area contributed by atoms with Gasteiger partial charge in [0.15, 0.2) is 11.0 Å². The van der Waals surface area contributed by atoms with Gasteiger partial charge in [-0.2, -0.15) is 0 Å². The first-order valence-electron chi connectivity index (χ1n) is 9.71. The van der Waals surface area contributed by atoms with E-state index in [0.29, 0.717) is 22.2 Å². The largest absolute Gasteiger partial charge is 0.486 e. The van der Waals surface area contributed by atoms with E-state index in [-0.39, 0.29) is 18.3 Å². The van der Waals surface area contributed by atoms with E-state index in [1.807, 2.05) is 31.3 Å². The molecule has 1 amide bonds. The Kier molecular flexibility index (Phi) is 7.66. The number of aryl methyl sites for hydroxylation is 1. The lowest BCUT2D eigenvalue weighted by molar-refractivity contribution is -0.113. The third kappa shape index (κ3) is 5.85. The molecule has 0 aliphatic heterocycles. The molecule has 0 unspecified atom stereocenters. The zero-order chi connectivity index (χ0) is 22.2. The smallest absolute Gasteiger partial charge is 0.339 e. The Morgan fingerprint density at radius 1 is 1.10 bits per heavy atom. The number of hydrogen-bond acceptors (Lipinski definition) is 7. The SMILES string of the molecule is CCc1ccc(OCc2nnc(SCC(=O)Nc3ccccc3C(=O)OC)n2C)cc1. The molecule has 0 atom stereocenters. The minimum Gasteiger partial charge on any atom is -0.486 e. The number of aromatic nitrogens is 3. The lowest BCUT2D eigenvalue weighted by atomic mass is 10.2. The zero-order valence-electron chi connectivity index (χ0n) is 17.6. The average Bonchev–Trinajstić information content (AvgIpc) is 3.15. The van der Waals surface area contributed by atoms with E-state index in [2.05, 4.69) is 22.4 Å². The van der Waals surface area contributed by atoms with Crippen molar-refractivity contribution < 1.29 is 19.1 Å². The number of hydrogen-bond donors (Lipinski definition) is 1. The zero-order valence-corrected chi connectivity index (χ0v) is 18.4. The molecule has 1 aromatic heterocycles. The molecule has 0 radical (unpaired) electrons. The Labute approximate surface area is 185 Å². The number of benzene rings is 2. The predicted molar refractivity (Wildman–Crippen MR) is 118 cm³/mol. The van der Waals surface area contributed by atoms with Crippen LogP contribution in [-0.4, -0.2) is 39.5 Å². The van der Waals surface area contributed by atoms with E-state index in [9.17, 15) is 9.59 Å². The van der Waals surface area contributed by atoms with Crippen LogP contribution in [0.15, 0.2) is 53.7 Å². The van der Waals surface area contributed by atoms with Crippen molar-refractivity contribution in [2.45, 2.75) is 25.1 Å². The van der Waals surface area contributed by atoms with E-state index in [1.54, 1.807) is 28.8 Å². The van der Waals surface area contributed by atoms with Crippen molar-refractivity contribution in [2.24, 2.45) is 7.05 Å². The van der Waals surface area contributed by atoms with Gasteiger partial charge in [-0.3, -0.25) is 4.79 Å². The van der Waals surface area contributed by atoms with Gasteiger partial charge in [-0.15, -0.1) is 10.2 Å². The first-order valence-corrected chi connectivity index (χ1v) is 10.7. The molecule has 31 heavy (non-hydrogen) atoms. The molecule has 0 saturated heterocycles. The molecule has 0 bridgehead atoms. The summed E-state index contributed by atoms with van der Waals surface area (Å²) in [4.78, 5) is 24.2. The number of para-hydroxylation sites is 1. The summed E-state index contributed by atoms with van der Waals surface area (Å²) in [5.74, 6) is 0.751. The molecule has 3 aromatic rings. The molecular formula is C22H24N4O4S. The van der Waals surface area contributed by atoms with Gasteiger partial charge in [0.2, 0.25) is 5.91 Å². The van der Waals surface area contributed by atoms with E-state index in [0.717, 1.165) is 12.2 Å². The van der Waals surface area contributed by atoms with Crippen molar-refractivity contribution in [3.63, 3.8) is 0 Å². The lowest BCUT2D eigenvalue weighted by Crippen LogP contribution is -2.17. The molecule has 0 fully saturated rings. The van der Waals surface area contributed by atoms with Crippen LogP contribution in [-0.2, 0) is 29.6 Å². The van der Waals surface area contributed by atoms with Crippen LogP contribution in [0.25, 0.3) is 0 Å². The van der Waals surface area contributed by atoms with Crippen LogP contribution < -0.4 is 10.1 Å². The quantitative estimate of drug-likeness (QED) is 0.402.